The number of benzene rings is 1. The SMILES string of the molecule is CC(C)(C)OC(=O)N[C@@H](C[C@@H](N)c1ccc2c(c1)OCCO2)C(=O)O. The number of alkyl carbamates (subject to hydrolysis) is 1. The van der Waals surface area contributed by atoms with Crippen LogP contribution in [-0.2, 0) is 9.53 Å². The molecule has 1 aromatic carbocycles. The van der Waals surface area contributed by atoms with Crippen molar-refractivity contribution in [2.45, 2.75) is 44.9 Å². The van der Waals surface area contributed by atoms with Crippen LogP contribution in [0.4, 0.5) is 4.79 Å². The van der Waals surface area contributed by atoms with E-state index in [4.69, 9.17) is 19.9 Å². The van der Waals surface area contributed by atoms with Crippen LogP contribution in [0.25, 0.3) is 0 Å². The second kappa shape index (κ2) is 7.60. The smallest absolute Gasteiger partial charge is 0.408 e. The number of ether oxygens (including phenoxy) is 3. The summed E-state index contributed by atoms with van der Waals surface area (Å²) in [4.78, 5) is 23.2. The van der Waals surface area contributed by atoms with Crippen molar-refractivity contribution in [2.75, 3.05) is 13.2 Å². The van der Waals surface area contributed by atoms with E-state index in [1.54, 1.807) is 39.0 Å². The van der Waals surface area contributed by atoms with Gasteiger partial charge in [0.05, 0.1) is 0 Å². The number of amides is 1. The number of hydrogen-bond donors (Lipinski definition) is 3. The third kappa shape index (κ3) is 5.53. The van der Waals surface area contributed by atoms with Crippen LogP contribution >= 0.6 is 0 Å². The first-order valence-electron chi connectivity index (χ1n) is 8.03. The van der Waals surface area contributed by atoms with Gasteiger partial charge in [-0.25, -0.2) is 9.59 Å². The van der Waals surface area contributed by atoms with E-state index in [1.165, 1.54) is 0 Å². The minimum Gasteiger partial charge on any atom is -0.486 e. The Kier molecular flexibility index (Phi) is 5.73. The molecule has 0 fully saturated rings. The minimum absolute atomic E-state index is 0.00815. The number of carbonyl (C=O) groups excluding carboxylic acids is 1. The fraction of sp³-hybridized carbons (Fsp3) is 0.529. The summed E-state index contributed by atoms with van der Waals surface area (Å²) < 4.78 is 16.0. The monoisotopic (exact) mass is 352 g/mol. The highest BCUT2D eigenvalue weighted by atomic mass is 16.6. The van der Waals surface area contributed by atoms with Crippen molar-refractivity contribution in [1.29, 1.82) is 0 Å². The minimum atomic E-state index is -1.18. The molecule has 2 rings (SSSR count). The number of carboxylic acids is 1. The number of rotatable bonds is 5. The van der Waals surface area contributed by atoms with Crippen molar-refractivity contribution < 1.29 is 28.9 Å². The lowest BCUT2D eigenvalue weighted by Gasteiger charge is -2.24. The topological polar surface area (TPSA) is 120 Å². The third-order valence-corrected chi connectivity index (χ3v) is 3.47. The van der Waals surface area contributed by atoms with Crippen LogP contribution in [0.1, 0.15) is 38.8 Å². The van der Waals surface area contributed by atoms with Crippen molar-refractivity contribution in [3.63, 3.8) is 0 Å². The number of fused-ring (bicyclic) bond motifs is 1. The maximum atomic E-state index is 11.8. The summed E-state index contributed by atoms with van der Waals surface area (Å²) in [7, 11) is 0. The van der Waals surface area contributed by atoms with Gasteiger partial charge in [0.15, 0.2) is 11.5 Å². The van der Waals surface area contributed by atoms with E-state index in [1.807, 2.05) is 0 Å². The van der Waals surface area contributed by atoms with E-state index < -0.39 is 29.7 Å². The average Bonchev–Trinajstić information content (AvgIpc) is 2.51. The standard InChI is InChI=1S/C17H24N2O6/c1-17(2,3)25-16(22)19-12(15(20)21)9-11(18)10-4-5-13-14(8-10)24-7-6-23-13/h4-5,8,11-12H,6-7,9,18H2,1-3H3,(H,19,22)(H,20,21)/t11-,12+/m1/s1. The summed E-state index contributed by atoms with van der Waals surface area (Å²) in [5, 5.41) is 11.7. The Labute approximate surface area is 146 Å². The number of carbonyl (C=O) groups is 2. The summed E-state index contributed by atoms with van der Waals surface area (Å²) in [5.41, 5.74) is 6.10. The zero-order valence-electron chi connectivity index (χ0n) is 14.6. The largest absolute Gasteiger partial charge is 0.486 e. The number of aliphatic carboxylic acids is 1. The lowest BCUT2D eigenvalue weighted by Crippen LogP contribution is -2.44. The van der Waals surface area contributed by atoms with Crippen LogP contribution in [0.3, 0.4) is 0 Å². The summed E-state index contributed by atoms with van der Waals surface area (Å²) in [6.07, 6.45) is -0.789. The van der Waals surface area contributed by atoms with Gasteiger partial charge in [-0.05, 0) is 44.9 Å². The molecule has 1 aromatic rings. The van der Waals surface area contributed by atoms with Gasteiger partial charge >= 0.3 is 12.1 Å². The summed E-state index contributed by atoms with van der Waals surface area (Å²) in [6.45, 7) is 6.03. The molecule has 0 aromatic heterocycles. The van der Waals surface area contributed by atoms with Gasteiger partial charge in [-0.15, -0.1) is 0 Å². The fourth-order valence-electron chi connectivity index (χ4n) is 2.35. The Morgan fingerprint density at radius 3 is 2.52 bits per heavy atom. The number of carboxylic acid groups (broad SMARTS) is 1. The second-order valence-corrected chi connectivity index (χ2v) is 6.78. The first-order valence-corrected chi connectivity index (χ1v) is 8.03. The highest BCUT2D eigenvalue weighted by molar-refractivity contribution is 5.80. The molecular formula is C17H24N2O6. The average molecular weight is 352 g/mol. The molecule has 8 heteroatoms. The van der Waals surface area contributed by atoms with Gasteiger partial charge in [-0.3, -0.25) is 0 Å². The molecular weight excluding hydrogens is 328 g/mol. The van der Waals surface area contributed by atoms with Crippen molar-refractivity contribution in [3.05, 3.63) is 23.8 Å². The lowest BCUT2D eigenvalue weighted by molar-refractivity contribution is -0.139. The molecule has 25 heavy (non-hydrogen) atoms. The number of hydrogen-bond acceptors (Lipinski definition) is 6. The van der Waals surface area contributed by atoms with Crippen molar-refractivity contribution in [2.24, 2.45) is 5.73 Å². The summed E-state index contributed by atoms with van der Waals surface area (Å²) in [6, 6.07) is 3.45. The van der Waals surface area contributed by atoms with Gasteiger partial charge in [-0.1, -0.05) is 6.07 Å². The van der Waals surface area contributed by atoms with Gasteiger partial charge in [-0.2, -0.15) is 0 Å². The lowest BCUT2D eigenvalue weighted by atomic mass is 9.99. The normalized spacial score (nSPS) is 15.8. The van der Waals surface area contributed by atoms with E-state index in [0.717, 1.165) is 0 Å². The van der Waals surface area contributed by atoms with Crippen LogP contribution in [0.2, 0.25) is 0 Å². The Bertz CT molecular complexity index is 641. The maximum Gasteiger partial charge on any atom is 0.408 e. The fourth-order valence-corrected chi connectivity index (χ4v) is 2.35. The quantitative estimate of drug-likeness (QED) is 0.739. The zero-order valence-corrected chi connectivity index (χ0v) is 14.6. The highest BCUT2D eigenvalue weighted by Crippen LogP contribution is 2.33. The first-order chi connectivity index (χ1) is 11.7. The molecule has 1 amide bonds. The van der Waals surface area contributed by atoms with Crippen LogP contribution in [0, 0.1) is 0 Å². The van der Waals surface area contributed by atoms with E-state index in [-0.39, 0.29) is 6.42 Å². The molecule has 0 aliphatic carbocycles. The highest BCUT2D eigenvalue weighted by Gasteiger charge is 2.27. The molecule has 0 saturated carbocycles. The molecule has 0 saturated heterocycles. The van der Waals surface area contributed by atoms with Crippen LogP contribution in [-0.4, -0.2) is 42.0 Å². The van der Waals surface area contributed by atoms with E-state index in [0.29, 0.717) is 30.3 Å². The van der Waals surface area contributed by atoms with Gasteiger partial charge in [0.2, 0.25) is 0 Å². The molecule has 0 unspecified atom stereocenters. The number of nitrogens with two attached hydrogens (primary N) is 1. The third-order valence-electron chi connectivity index (χ3n) is 3.47. The predicted octanol–water partition coefficient (Wildman–Crippen LogP) is 1.83. The van der Waals surface area contributed by atoms with Crippen molar-refractivity contribution >= 4 is 12.1 Å². The Morgan fingerprint density at radius 1 is 1.28 bits per heavy atom. The molecule has 8 nitrogen and oxygen atoms in total. The summed E-state index contributed by atoms with van der Waals surface area (Å²) >= 11 is 0. The molecule has 138 valence electrons. The molecule has 0 bridgehead atoms. The summed E-state index contributed by atoms with van der Waals surface area (Å²) in [5.74, 6) is 0.0221. The van der Waals surface area contributed by atoms with Gasteiger partial charge in [0.25, 0.3) is 0 Å². The second-order valence-electron chi connectivity index (χ2n) is 6.78. The van der Waals surface area contributed by atoms with E-state index in [2.05, 4.69) is 5.32 Å². The Hall–Kier alpha value is -2.48. The molecule has 1 aliphatic heterocycles. The first kappa shape index (κ1) is 18.9. The van der Waals surface area contributed by atoms with Gasteiger partial charge in [0.1, 0.15) is 24.9 Å². The Morgan fingerprint density at radius 2 is 1.92 bits per heavy atom. The molecule has 1 heterocycles. The molecule has 0 radical (unpaired) electrons. The van der Waals surface area contributed by atoms with Crippen LogP contribution in [0.15, 0.2) is 18.2 Å². The van der Waals surface area contributed by atoms with Crippen LogP contribution in [0.5, 0.6) is 11.5 Å². The molecule has 2 atom stereocenters. The number of nitrogens with one attached hydrogen (secondary N) is 1. The van der Waals surface area contributed by atoms with Gasteiger partial charge in [0, 0.05) is 6.04 Å². The van der Waals surface area contributed by atoms with Crippen molar-refractivity contribution in [1.82, 2.24) is 5.32 Å². The molecule has 1 aliphatic rings. The maximum absolute atomic E-state index is 11.8. The van der Waals surface area contributed by atoms with E-state index in [9.17, 15) is 14.7 Å². The molecule has 4 N–H and O–H groups in total. The molecule has 0 spiro atoms. The zero-order chi connectivity index (χ0) is 18.6. The van der Waals surface area contributed by atoms with E-state index >= 15 is 0 Å². The van der Waals surface area contributed by atoms with Crippen LogP contribution < -0.4 is 20.5 Å². The Balaban J connectivity index is 2.03. The van der Waals surface area contributed by atoms with Crippen molar-refractivity contribution in [3.8, 4) is 11.5 Å². The van der Waals surface area contributed by atoms with Gasteiger partial charge < -0.3 is 30.4 Å². The predicted molar refractivity (Wildman–Crippen MR) is 89.8 cm³/mol.